The smallest absolute Gasteiger partial charge is 0.234 e. The van der Waals surface area contributed by atoms with Crippen LogP contribution in [-0.4, -0.2) is 62.4 Å². The molecule has 0 aliphatic carbocycles. The van der Waals surface area contributed by atoms with E-state index in [1.54, 1.807) is 7.11 Å². The quantitative estimate of drug-likeness (QED) is 0.514. The number of aliphatic hydroxyl groups excluding tert-OH is 1. The Morgan fingerprint density at radius 2 is 2.19 bits per heavy atom. The number of nitrogens with one attached hydrogen (secondary N) is 1. The number of unbranched alkanes of at least 4 members (excludes halogenated alkanes) is 1. The minimum atomic E-state index is -0.0124. The monoisotopic (exact) mass is 232 g/mol. The third kappa shape index (κ3) is 8.64. The Morgan fingerprint density at radius 1 is 1.44 bits per heavy atom. The molecule has 5 heteroatoms. The Balaban J connectivity index is 3.73. The maximum atomic E-state index is 11.5. The summed E-state index contributed by atoms with van der Waals surface area (Å²) in [5.74, 6) is -0.0124. The molecular weight excluding hydrogens is 208 g/mol. The molecule has 0 saturated heterocycles. The van der Waals surface area contributed by atoms with E-state index in [1.807, 2.05) is 4.90 Å². The Bertz CT molecular complexity index is 177. The molecule has 0 saturated carbocycles. The van der Waals surface area contributed by atoms with Crippen LogP contribution in [0.15, 0.2) is 0 Å². The van der Waals surface area contributed by atoms with E-state index in [0.717, 1.165) is 19.4 Å². The number of hydrogen-bond acceptors (Lipinski definition) is 4. The fourth-order valence-corrected chi connectivity index (χ4v) is 1.34. The number of rotatable bonds is 10. The molecule has 5 nitrogen and oxygen atoms in total. The molecule has 0 aliphatic rings. The first-order valence-corrected chi connectivity index (χ1v) is 5.83. The number of carbonyl (C=O) groups is 1. The van der Waals surface area contributed by atoms with Gasteiger partial charge in [-0.05, 0) is 13.0 Å². The SMILES string of the molecule is CCCCN(CCO)CC(=O)NCCOC. The normalized spacial score (nSPS) is 10.8. The average molecular weight is 232 g/mol. The van der Waals surface area contributed by atoms with E-state index in [4.69, 9.17) is 9.84 Å². The van der Waals surface area contributed by atoms with E-state index in [-0.39, 0.29) is 12.5 Å². The lowest BCUT2D eigenvalue weighted by Gasteiger charge is -2.20. The van der Waals surface area contributed by atoms with Crippen LogP contribution >= 0.6 is 0 Å². The molecule has 96 valence electrons. The number of carbonyl (C=O) groups excluding carboxylic acids is 1. The zero-order chi connectivity index (χ0) is 12.2. The van der Waals surface area contributed by atoms with Gasteiger partial charge in [-0.25, -0.2) is 0 Å². The van der Waals surface area contributed by atoms with Gasteiger partial charge in [-0.15, -0.1) is 0 Å². The Hall–Kier alpha value is -0.650. The van der Waals surface area contributed by atoms with E-state index in [1.165, 1.54) is 0 Å². The second kappa shape index (κ2) is 10.9. The second-order valence-corrected chi connectivity index (χ2v) is 3.70. The van der Waals surface area contributed by atoms with Gasteiger partial charge in [-0.2, -0.15) is 0 Å². The summed E-state index contributed by atoms with van der Waals surface area (Å²) in [6.45, 7) is 5.03. The van der Waals surface area contributed by atoms with E-state index in [2.05, 4.69) is 12.2 Å². The van der Waals surface area contributed by atoms with Crippen LogP contribution in [0.2, 0.25) is 0 Å². The minimum Gasteiger partial charge on any atom is -0.395 e. The van der Waals surface area contributed by atoms with Crippen molar-refractivity contribution in [2.45, 2.75) is 19.8 Å². The molecule has 0 aliphatic heterocycles. The molecule has 0 bridgehead atoms. The number of amides is 1. The summed E-state index contributed by atoms with van der Waals surface area (Å²) in [4.78, 5) is 13.4. The molecule has 0 aromatic carbocycles. The van der Waals surface area contributed by atoms with Crippen molar-refractivity contribution in [1.29, 1.82) is 0 Å². The second-order valence-electron chi connectivity index (χ2n) is 3.70. The highest BCUT2D eigenvalue weighted by Crippen LogP contribution is 1.94. The Morgan fingerprint density at radius 3 is 2.75 bits per heavy atom. The van der Waals surface area contributed by atoms with Gasteiger partial charge < -0.3 is 15.2 Å². The highest BCUT2D eigenvalue weighted by atomic mass is 16.5. The summed E-state index contributed by atoms with van der Waals surface area (Å²) >= 11 is 0. The lowest BCUT2D eigenvalue weighted by Crippen LogP contribution is -2.40. The van der Waals surface area contributed by atoms with Crippen molar-refractivity contribution in [2.75, 3.05) is 46.5 Å². The van der Waals surface area contributed by atoms with E-state index >= 15 is 0 Å². The van der Waals surface area contributed by atoms with Gasteiger partial charge in [-0.3, -0.25) is 9.69 Å². The molecule has 0 rings (SSSR count). The first-order chi connectivity index (χ1) is 7.74. The van der Waals surface area contributed by atoms with Gasteiger partial charge in [0.15, 0.2) is 0 Å². The highest BCUT2D eigenvalue weighted by molar-refractivity contribution is 5.77. The third-order valence-electron chi connectivity index (χ3n) is 2.24. The van der Waals surface area contributed by atoms with Gasteiger partial charge in [0.05, 0.1) is 19.8 Å². The number of hydrogen-bond donors (Lipinski definition) is 2. The van der Waals surface area contributed by atoms with Crippen molar-refractivity contribution in [2.24, 2.45) is 0 Å². The largest absolute Gasteiger partial charge is 0.395 e. The molecule has 0 fully saturated rings. The molecule has 0 unspecified atom stereocenters. The number of aliphatic hydroxyl groups is 1. The molecule has 0 atom stereocenters. The van der Waals surface area contributed by atoms with Crippen molar-refractivity contribution < 1.29 is 14.6 Å². The van der Waals surface area contributed by atoms with Crippen LogP contribution in [0.1, 0.15) is 19.8 Å². The molecule has 1 amide bonds. The predicted molar refractivity (Wildman–Crippen MR) is 63.3 cm³/mol. The zero-order valence-corrected chi connectivity index (χ0v) is 10.4. The molecule has 0 radical (unpaired) electrons. The molecule has 16 heavy (non-hydrogen) atoms. The standard InChI is InChI=1S/C11H24N2O3/c1-3-4-6-13(7-8-14)10-11(15)12-5-9-16-2/h14H,3-10H2,1-2H3,(H,12,15). The first-order valence-electron chi connectivity index (χ1n) is 5.83. The summed E-state index contributed by atoms with van der Waals surface area (Å²) in [6.07, 6.45) is 2.14. The molecule has 0 aromatic rings. The topological polar surface area (TPSA) is 61.8 Å². The van der Waals surface area contributed by atoms with Crippen LogP contribution in [0.3, 0.4) is 0 Å². The van der Waals surface area contributed by atoms with Crippen LogP contribution in [0, 0.1) is 0 Å². The Kier molecular flexibility index (Phi) is 10.4. The van der Waals surface area contributed by atoms with Gasteiger partial charge >= 0.3 is 0 Å². The zero-order valence-electron chi connectivity index (χ0n) is 10.4. The summed E-state index contributed by atoms with van der Waals surface area (Å²) in [5.41, 5.74) is 0. The van der Waals surface area contributed by atoms with Crippen LogP contribution in [0.4, 0.5) is 0 Å². The fraction of sp³-hybridized carbons (Fsp3) is 0.909. The average Bonchev–Trinajstić information content (AvgIpc) is 2.26. The summed E-state index contributed by atoms with van der Waals surface area (Å²) in [6, 6.07) is 0. The Labute approximate surface area is 97.8 Å². The van der Waals surface area contributed by atoms with E-state index < -0.39 is 0 Å². The van der Waals surface area contributed by atoms with Crippen molar-refractivity contribution >= 4 is 5.91 Å². The maximum absolute atomic E-state index is 11.5. The van der Waals surface area contributed by atoms with Crippen LogP contribution in [-0.2, 0) is 9.53 Å². The predicted octanol–water partition coefficient (Wildman–Crippen LogP) is -0.157. The van der Waals surface area contributed by atoms with Crippen molar-refractivity contribution in [3.8, 4) is 0 Å². The van der Waals surface area contributed by atoms with Gasteiger partial charge in [-0.1, -0.05) is 13.3 Å². The van der Waals surface area contributed by atoms with Crippen molar-refractivity contribution in [3.05, 3.63) is 0 Å². The van der Waals surface area contributed by atoms with Crippen LogP contribution < -0.4 is 5.32 Å². The van der Waals surface area contributed by atoms with Crippen molar-refractivity contribution in [3.63, 3.8) is 0 Å². The summed E-state index contributed by atoms with van der Waals surface area (Å²) < 4.78 is 4.84. The van der Waals surface area contributed by atoms with E-state index in [9.17, 15) is 4.79 Å². The fourth-order valence-electron chi connectivity index (χ4n) is 1.34. The molecule has 2 N–H and O–H groups in total. The number of methoxy groups -OCH3 is 1. The van der Waals surface area contributed by atoms with Gasteiger partial charge in [0, 0.05) is 20.2 Å². The number of nitrogens with zero attached hydrogens (tertiary/aromatic N) is 1. The molecule has 0 heterocycles. The lowest BCUT2D eigenvalue weighted by atomic mass is 10.3. The van der Waals surface area contributed by atoms with Gasteiger partial charge in [0.2, 0.25) is 5.91 Å². The summed E-state index contributed by atoms with van der Waals surface area (Å²) in [7, 11) is 1.60. The van der Waals surface area contributed by atoms with E-state index in [0.29, 0.717) is 26.2 Å². The molecule has 0 aromatic heterocycles. The molecular formula is C11H24N2O3. The lowest BCUT2D eigenvalue weighted by molar-refractivity contribution is -0.122. The summed E-state index contributed by atoms with van der Waals surface area (Å²) in [5, 5.41) is 11.6. The molecule has 0 spiro atoms. The van der Waals surface area contributed by atoms with Gasteiger partial charge in [0.1, 0.15) is 0 Å². The maximum Gasteiger partial charge on any atom is 0.234 e. The van der Waals surface area contributed by atoms with Crippen LogP contribution in [0.25, 0.3) is 0 Å². The highest BCUT2D eigenvalue weighted by Gasteiger charge is 2.08. The van der Waals surface area contributed by atoms with Crippen molar-refractivity contribution in [1.82, 2.24) is 10.2 Å². The van der Waals surface area contributed by atoms with Crippen LogP contribution in [0.5, 0.6) is 0 Å². The first kappa shape index (κ1) is 15.3. The minimum absolute atomic E-state index is 0.0124. The van der Waals surface area contributed by atoms with Gasteiger partial charge in [0.25, 0.3) is 0 Å². The number of ether oxygens (including phenoxy) is 1. The third-order valence-corrected chi connectivity index (χ3v) is 2.24.